The first-order valence-corrected chi connectivity index (χ1v) is 17.0. The predicted octanol–water partition coefficient (Wildman–Crippen LogP) is 5.74. The molecule has 3 heterocycles. The summed E-state index contributed by atoms with van der Waals surface area (Å²) in [6.45, 7) is 12.9. The van der Waals surface area contributed by atoms with E-state index in [1.54, 1.807) is 27.6 Å². The highest BCUT2D eigenvalue weighted by molar-refractivity contribution is 9.09. The average Bonchev–Trinajstić information content (AvgIpc) is 3.55. The van der Waals surface area contributed by atoms with Gasteiger partial charge in [0.1, 0.15) is 6.04 Å². The van der Waals surface area contributed by atoms with Gasteiger partial charge in [0.15, 0.2) is 0 Å². The summed E-state index contributed by atoms with van der Waals surface area (Å²) in [5, 5.41) is 9.08. The fourth-order valence-electron chi connectivity index (χ4n) is 6.92. The molecule has 0 saturated carbocycles. The highest BCUT2D eigenvalue weighted by atomic mass is 79.9. The van der Waals surface area contributed by atoms with Crippen LogP contribution in [0.5, 0.6) is 0 Å². The number of benzene rings is 1. The Bertz CT molecular complexity index is 1180. The number of thioether (sulfide) groups is 1. The second-order valence-electron chi connectivity index (χ2n) is 11.8. The van der Waals surface area contributed by atoms with Gasteiger partial charge in [-0.25, -0.2) is 0 Å². The molecule has 3 unspecified atom stereocenters. The van der Waals surface area contributed by atoms with E-state index in [-0.39, 0.29) is 34.5 Å². The van der Waals surface area contributed by atoms with Crippen LogP contribution in [0.25, 0.3) is 0 Å². The number of ether oxygens (including phenoxy) is 1. The van der Waals surface area contributed by atoms with E-state index in [0.717, 1.165) is 55.3 Å². The van der Waals surface area contributed by atoms with Crippen LogP contribution >= 0.6 is 27.7 Å². The fraction of sp³-hybridized carbons (Fsp3) is 0.606. The van der Waals surface area contributed by atoms with Crippen molar-refractivity contribution in [1.29, 1.82) is 0 Å². The summed E-state index contributed by atoms with van der Waals surface area (Å²) in [5.41, 5.74) is 2.84. The van der Waals surface area contributed by atoms with E-state index in [9.17, 15) is 19.5 Å². The second-order valence-corrected chi connectivity index (χ2v) is 14.5. The van der Waals surface area contributed by atoms with Crippen LogP contribution in [0.3, 0.4) is 0 Å². The number of fused-ring (bicyclic) bond motifs is 1. The molecule has 3 aliphatic heterocycles. The molecule has 0 aromatic heterocycles. The number of allylic oxidation sites excluding steroid dienone is 1. The number of amides is 2. The molecule has 7 nitrogen and oxygen atoms in total. The van der Waals surface area contributed by atoms with E-state index in [0.29, 0.717) is 32.5 Å². The third-order valence-electron chi connectivity index (χ3n) is 8.88. The van der Waals surface area contributed by atoms with Gasteiger partial charge in [0.2, 0.25) is 5.91 Å². The lowest BCUT2D eigenvalue weighted by Gasteiger charge is -2.38. The van der Waals surface area contributed by atoms with Gasteiger partial charge in [0.05, 0.1) is 23.2 Å². The Morgan fingerprint density at radius 1 is 1.17 bits per heavy atom. The Morgan fingerprint density at radius 2 is 1.93 bits per heavy atom. The maximum absolute atomic E-state index is 14.8. The highest BCUT2D eigenvalue weighted by Gasteiger charge is 2.76. The number of anilines is 1. The van der Waals surface area contributed by atoms with Crippen LogP contribution in [0.15, 0.2) is 43.5 Å². The van der Waals surface area contributed by atoms with Crippen molar-refractivity contribution in [2.24, 2.45) is 11.8 Å². The molecule has 6 atom stereocenters. The van der Waals surface area contributed by atoms with E-state index in [1.807, 2.05) is 38.1 Å². The van der Waals surface area contributed by atoms with Gasteiger partial charge in [0.25, 0.3) is 5.91 Å². The van der Waals surface area contributed by atoms with Crippen LogP contribution in [0.4, 0.5) is 5.69 Å². The van der Waals surface area contributed by atoms with E-state index >= 15 is 0 Å². The highest BCUT2D eigenvalue weighted by Crippen LogP contribution is 2.68. The van der Waals surface area contributed by atoms with Gasteiger partial charge >= 0.3 is 5.97 Å². The number of rotatable bonds is 16. The number of carbonyl (C=O) groups excluding carboxylic acids is 3. The van der Waals surface area contributed by atoms with Gasteiger partial charge in [-0.3, -0.25) is 14.4 Å². The van der Waals surface area contributed by atoms with Crippen LogP contribution in [0, 0.1) is 25.7 Å². The molecule has 1 aromatic rings. The Kier molecular flexibility index (Phi) is 11.4. The zero-order valence-corrected chi connectivity index (χ0v) is 27.3. The zero-order valence-electron chi connectivity index (χ0n) is 24.9. The quantitative estimate of drug-likeness (QED) is 0.105. The molecule has 0 radical (unpaired) electrons. The molecule has 1 spiro atoms. The summed E-state index contributed by atoms with van der Waals surface area (Å²) in [5.74, 6) is -1.76. The summed E-state index contributed by atoms with van der Waals surface area (Å²) in [6, 6.07) is 5.35. The summed E-state index contributed by atoms with van der Waals surface area (Å²) in [6.07, 6.45) is 9.88. The normalized spacial score (nSPS) is 27.7. The van der Waals surface area contributed by atoms with Crippen molar-refractivity contribution in [3.63, 3.8) is 0 Å². The van der Waals surface area contributed by atoms with Crippen LogP contribution in [-0.2, 0) is 19.1 Å². The van der Waals surface area contributed by atoms with Crippen molar-refractivity contribution < 1.29 is 24.2 Å². The molecular weight excluding hydrogens is 616 g/mol. The number of hydrogen-bond donors (Lipinski definition) is 1. The predicted molar refractivity (Wildman–Crippen MR) is 173 cm³/mol. The number of alkyl halides is 1. The smallest absolute Gasteiger partial charge is 0.310 e. The SMILES string of the molecule is C=CCCCCOC(=O)[C@H]1[C@H]2C(=O)N(CCCCCCO)C(C(=O)N(CC=C)c3cc(C)ccc3C)C23CC(Br)[C@@H]1S3. The van der Waals surface area contributed by atoms with Crippen molar-refractivity contribution in [2.75, 3.05) is 31.2 Å². The monoisotopic (exact) mass is 660 g/mol. The number of halogens is 1. The molecule has 2 bridgehead atoms. The number of esters is 1. The molecule has 0 aliphatic carbocycles. The maximum Gasteiger partial charge on any atom is 0.310 e. The zero-order chi connectivity index (χ0) is 30.4. The molecule has 4 rings (SSSR count). The molecule has 3 fully saturated rings. The van der Waals surface area contributed by atoms with Crippen LogP contribution in [0.1, 0.15) is 62.5 Å². The summed E-state index contributed by atoms with van der Waals surface area (Å²) >= 11 is 5.48. The standard InChI is InChI=1S/C33H45BrN2O5S/c1-5-7-8-13-19-41-32(40)26-27-30(38)36(17-11-9-10-12-18-37)29(33(27)21-24(34)28(26)42-33)31(39)35(16-6-2)25-20-22(3)14-15-23(25)4/h5-6,14-15,20,24,26-29,37H,1-2,7-13,16-19,21H2,3-4H3/t24?,26-,27-,28-,29?,33?/m0/s1. The third-order valence-corrected chi connectivity index (χ3v) is 12.1. The van der Waals surface area contributed by atoms with E-state index < -0.39 is 22.6 Å². The van der Waals surface area contributed by atoms with Gasteiger partial charge in [0, 0.05) is 35.5 Å². The topological polar surface area (TPSA) is 87.1 Å². The number of carbonyl (C=O) groups is 3. The van der Waals surface area contributed by atoms with Crippen LogP contribution in [-0.4, -0.2) is 75.0 Å². The van der Waals surface area contributed by atoms with Crippen molar-refractivity contribution in [3.05, 3.63) is 54.6 Å². The number of hydrogen-bond acceptors (Lipinski definition) is 6. The number of nitrogens with zero attached hydrogens (tertiary/aromatic N) is 2. The molecule has 3 saturated heterocycles. The number of likely N-dealkylation sites (tertiary alicyclic amines) is 1. The maximum atomic E-state index is 14.8. The van der Waals surface area contributed by atoms with Crippen molar-refractivity contribution in [3.8, 4) is 0 Å². The first-order valence-electron chi connectivity index (χ1n) is 15.2. The lowest BCUT2D eigenvalue weighted by Crippen LogP contribution is -2.55. The lowest BCUT2D eigenvalue weighted by atomic mass is 9.71. The largest absolute Gasteiger partial charge is 0.465 e. The van der Waals surface area contributed by atoms with Crippen molar-refractivity contribution in [2.45, 2.75) is 86.1 Å². The number of aliphatic hydroxyl groups excluding tert-OH is 1. The van der Waals surface area contributed by atoms with Gasteiger partial charge in [-0.1, -0.05) is 53.1 Å². The second kappa shape index (κ2) is 14.6. The molecule has 3 aliphatic rings. The molecule has 1 aromatic carbocycles. The number of aryl methyl sites for hydroxylation is 2. The molecular formula is C33H45BrN2O5S. The lowest BCUT2D eigenvalue weighted by molar-refractivity contribution is -0.154. The van der Waals surface area contributed by atoms with Crippen molar-refractivity contribution >= 4 is 51.2 Å². The Labute approximate surface area is 263 Å². The van der Waals surface area contributed by atoms with Crippen molar-refractivity contribution in [1.82, 2.24) is 4.90 Å². The first kappa shape index (κ1) is 32.8. The minimum atomic E-state index is -0.720. The van der Waals surface area contributed by atoms with Gasteiger partial charge < -0.3 is 19.6 Å². The molecule has 9 heteroatoms. The molecule has 230 valence electrons. The van der Waals surface area contributed by atoms with E-state index in [1.165, 1.54) is 0 Å². The summed E-state index contributed by atoms with van der Waals surface area (Å²) in [4.78, 5) is 46.2. The number of aliphatic hydroxyl groups is 1. The minimum absolute atomic E-state index is 0.00164. The summed E-state index contributed by atoms with van der Waals surface area (Å²) < 4.78 is 5.04. The fourth-order valence-corrected chi connectivity index (χ4v) is 10.5. The Balaban J connectivity index is 1.68. The van der Waals surface area contributed by atoms with Gasteiger partial charge in [-0.2, -0.15) is 0 Å². The minimum Gasteiger partial charge on any atom is -0.465 e. The Hall–Kier alpha value is -2.10. The summed E-state index contributed by atoms with van der Waals surface area (Å²) in [7, 11) is 0. The van der Waals surface area contributed by atoms with Crippen LogP contribution in [0.2, 0.25) is 0 Å². The van der Waals surface area contributed by atoms with Gasteiger partial charge in [-0.15, -0.1) is 24.9 Å². The van der Waals surface area contributed by atoms with Gasteiger partial charge in [-0.05, 0) is 69.6 Å². The molecule has 2 amide bonds. The third kappa shape index (κ3) is 6.39. The first-order chi connectivity index (χ1) is 20.2. The molecule has 42 heavy (non-hydrogen) atoms. The van der Waals surface area contributed by atoms with E-state index in [2.05, 4.69) is 29.1 Å². The average molecular weight is 662 g/mol. The molecule has 1 N–H and O–H groups in total. The Morgan fingerprint density at radius 3 is 2.64 bits per heavy atom. The van der Waals surface area contributed by atoms with Crippen LogP contribution < -0.4 is 4.90 Å². The van der Waals surface area contributed by atoms with E-state index in [4.69, 9.17) is 4.74 Å². The number of unbranched alkanes of at least 4 members (excludes halogenated alkanes) is 5.